The van der Waals surface area contributed by atoms with Crippen LogP contribution in [0.4, 0.5) is 4.79 Å². The molecule has 4 nitrogen and oxygen atoms in total. The van der Waals surface area contributed by atoms with Gasteiger partial charge in [0.1, 0.15) is 5.60 Å². The predicted molar refractivity (Wildman–Crippen MR) is 99.5 cm³/mol. The van der Waals surface area contributed by atoms with Gasteiger partial charge in [0, 0.05) is 23.3 Å². The van der Waals surface area contributed by atoms with Crippen LogP contribution in [0.25, 0.3) is 10.8 Å². The van der Waals surface area contributed by atoms with Gasteiger partial charge in [-0.1, -0.05) is 30.3 Å². The summed E-state index contributed by atoms with van der Waals surface area (Å²) in [6.07, 6.45) is 0.0554. The first-order chi connectivity index (χ1) is 11.4. The van der Waals surface area contributed by atoms with Crippen molar-refractivity contribution in [3.63, 3.8) is 0 Å². The lowest BCUT2D eigenvalue weighted by atomic mass is 10.1. The minimum absolute atomic E-state index is 0.0265. The van der Waals surface area contributed by atoms with Gasteiger partial charge in [0.25, 0.3) is 0 Å². The Hall–Kier alpha value is -1.72. The maximum absolute atomic E-state index is 11.9. The number of thioether (sulfide) groups is 1. The smallest absolute Gasteiger partial charge is 0.407 e. The molecular weight excluding hydrogens is 322 g/mol. The fourth-order valence-corrected chi connectivity index (χ4v) is 3.30. The first-order valence-corrected chi connectivity index (χ1v) is 9.08. The van der Waals surface area contributed by atoms with Crippen LogP contribution in [0.5, 0.6) is 0 Å². The summed E-state index contributed by atoms with van der Waals surface area (Å²) in [5, 5.41) is 14.5. The number of alkyl carbamates (subject to hydrolysis) is 1. The van der Waals surface area contributed by atoms with Gasteiger partial charge in [-0.2, -0.15) is 0 Å². The molecule has 0 saturated carbocycles. The van der Waals surface area contributed by atoms with Crippen molar-refractivity contribution in [2.45, 2.75) is 43.7 Å². The molecule has 1 amide bonds. The van der Waals surface area contributed by atoms with E-state index in [1.807, 2.05) is 32.9 Å². The molecule has 0 aliphatic carbocycles. The van der Waals surface area contributed by atoms with Crippen LogP contribution in [0.2, 0.25) is 0 Å². The molecule has 2 rings (SSSR count). The van der Waals surface area contributed by atoms with Crippen molar-refractivity contribution in [1.29, 1.82) is 0 Å². The average Bonchev–Trinajstić information content (AvgIpc) is 2.51. The standard InChI is InChI=1S/C19H25NO3S/c1-19(2,3)23-18(22)20-16(10-11-21)13-24-17-9-8-14-6-4-5-7-15(14)12-17/h4-9,12,16,21H,10-11,13H2,1-3H3,(H,20,22)/t16-/m1/s1. The number of benzene rings is 2. The van der Waals surface area contributed by atoms with Gasteiger partial charge in [-0.05, 0) is 50.1 Å². The molecule has 0 spiro atoms. The Morgan fingerprint density at radius 1 is 1.21 bits per heavy atom. The number of carbonyl (C=O) groups excluding carboxylic acids is 1. The van der Waals surface area contributed by atoms with Gasteiger partial charge in [0.2, 0.25) is 0 Å². The van der Waals surface area contributed by atoms with Crippen molar-refractivity contribution in [2.24, 2.45) is 0 Å². The Labute approximate surface area is 147 Å². The molecule has 0 unspecified atom stereocenters. The molecule has 5 heteroatoms. The number of rotatable bonds is 6. The number of hydrogen-bond acceptors (Lipinski definition) is 4. The molecule has 0 fully saturated rings. The van der Waals surface area contributed by atoms with Crippen LogP contribution in [0, 0.1) is 0 Å². The summed E-state index contributed by atoms with van der Waals surface area (Å²) in [5.41, 5.74) is -0.528. The molecule has 2 aromatic carbocycles. The first-order valence-electron chi connectivity index (χ1n) is 8.09. The highest BCUT2D eigenvalue weighted by Gasteiger charge is 2.19. The molecular formula is C19H25NO3S. The van der Waals surface area contributed by atoms with Crippen LogP contribution >= 0.6 is 11.8 Å². The van der Waals surface area contributed by atoms with E-state index in [0.717, 1.165) is 4.90 Å². The Kier molecular flexibility index (Phi) is 6.52. The van der Waals surface area contributed by atoms with Gasteiger partial charge in [0.15, 0.2) is 0 Å². The highest BCUT2D eigenvalue weighted by atomic mass is 32.2. The molecule has 0 radical (unpaired) electrons. The zero-order valence-electron chi connectivity index (χ0n) is 14.4. The summed E-state index contributed by atoms with van der Waals surface area (Å²) in [4.78, 5) is 13.0. The fraction of sp³-hybridized carbons (Fsp3) is 0.421. The van der Waals surface area contributed by atoms with E-state index in [1.165, 1.54) is 10.8 Å². The minimum atomic E-state index is -0.528. The lowest BCUT2D eigenvalue weighted by Crippen LogP contribution is -2.40. The quantitative estimate of drug-likeness (QED) is 0.769. The summed E-state index contributed by atoms with van der Waals surface area (Å²) in [5.74, 6) is 0.679. The van der Waals surface area contributed by atoms with Gasteiger partial charge < -0.3 is 15.2 Å². The molecule has 0 aliphatic rings. The second-order valence-corrected chi connectivity index (χ2v) is 7.77. The topological polar surface area (TPSA) is 58.6 Å². The summed E-state index contributed by atoms with van der Waals surface area (Å²) < 4.78 is 5.28. The Morgan fingerprint density at radius 3 is 2.58 bits per heavy atom. The van der Waals surface area contributed by atoms with Gasteiger partial charge >= 0.3 is 6.09 Å². The second kappa shape index (κ2) is 8.40. The molecule has 0 aliphatic heterocycles. The SMILES string of the molecule is CC(C)(C)OC(=O)N[C@H](CCO)CSc1ccc2ccccc2c1. The van der Waals surface area contributed by atoms with Crippen molar-refractivity contribution < 1.29 is 14.6 Å². The normalized spacial score (nSPS) is 12.8. The van der Waals surface area contributed by atoms with E-state index in [2.05, 4.69) is 35.6 Å². The van der Waals surface area contributed by atoms with Crippen molar-refractivity contribution in [3.05, 3.63) is 42.5 Å². The zero-order chi connectivity index (χ0) is 17.6. The maximum atomic E-state index is 11.9. The van der Waals surface area contributed by atoms with Gasteiger partial charge in [-0.25, -0.2) is 4.79 Å². The van der Waals surface area contributed by atoms with E-state index in [4.69, 9.17) is 4.74 Å². The van der Waals surface area contributed by atoms with E-state index in [0.29, 0.717) is 12.2 Å². The van der Waals surface area contributed by atoms with Gasteiger partial charge in [-0.15, -0.1) is 11.8 Å². The van der Waals surface area contributed by atoms with E-state index >= 15 is 0 Å². The van der Waals surface area contributed by atoms with Crippen molar-refractivity contribution in [3.8, 4) is 0 Å². The molecule has 0 heterocycles. The highest BCUT2D eigenvalue weighted by Crippen LogP contribution is 2.24. The summed E-state index contributed by atoms with van der Waals surface area (Å²) in [7, 11) is 0. The minimum Gasteiger partial charge on any atom is -0.444 e. The fourth-order valence-electron chi connectivity index (χ4n) is 2.28. The molecule has 24 heavy (non-hydrogen) atoms. The third-order valence-electron chi connectivity index (χ3n) is 3.37. The van der Waals surface area contributed by atoms with E-state index in [9.17, 15) is 9.90 Å². The Bertz CT molecular complexity index is 682. The Balaban J connectivity index is 1.95. The highest BCUT2D eigenvalue weighted by molar-refractivity contribution is 7.99. The number of aliphatic hydroxyl groups excluding tert-OH is 1. The molecule has 0 saturated heterocycles. The molecule has 130 valence electrons. The monoisotopic (exact) mass is 347 g/mol. The zero-order valence-corrected chi connectivity index (χ0v) is 15.2. The number of amides is 1. The van der Waals surface area contributed by atoms with Gasteiger partial charge in [-0.3, -0.25) is 0 Å². The van der Waals surface area contributed by atoms with Crippen LogP contribution in [0.3, 0.4) is 0 Å². The van der Waals surface area contributed by atoms with Gasteiger partial charge in [0.05, 0.1) is 0 Å². The summed E-state index contributed by atoms with van der Waals surface area (Å²) >= 11 is 1.66. The van der Waals surface area contributed by atoms with Crippen LogP contribution in [-0.2, 0) is 4.74 Å². The number of aliphatic hydroxyl groups is 1. The van der Waals surface area contributed by atoms with E-state index < -0.39 is 11.7 Å². The lowest BCUT2D eigenvalue weighted by Gasteiger charge is -2.23. The second-order valence-electron chi connectivity index (χ2n) is 6.68. The number of hydrogen-bond donors (Lipinski definition) is 2. The summed E-state index contributed by atoms with van der Waals surface area (Å²) in [6, 6.07) is 14.4. The number of ether oxygens (including phenoxy) is 1. The number of carbonyl (C=O) groups is 1. The van der Waals surface area contributed by atoms with Crippen LogP contribution in [0.1, 0.15) is 27.2 Å². The predicted octanol–water partition coefficient (Wildman–Crippen LogP) is 4.21. The van der Waals surface area contributed by atoms with E-state index in [1.54, 1.807) is 11.8 Å². The maximum Gasteiger partial charge on any atom is 0.407 e. The van der Waals surface area contributed by atoms with Crippen molar-refractivity contribution in [2.75, 3.05) is 12.4 Å². The first kappa shape index (κ1) is 18.6. The van der Waals surface area contributed by atoms with Crippen molar-refractivity contribution in [1.82, 2.24) is 5.32 Å². The molecule has 2 N–H and O–H groups in total. The number of nitrogens with one attached hydrogen (secondary N) is 1. The van der Waals surface area contributed by atoms with E-state index in [-0.39, 0.29) is 12.6 Å². The lowest BCUT2D eigenvalue weighted by molar-refractivity contribution is 0.0503. The number of fused-ring (bicyclic) bond motifs is 1. The third kappa shape index (κ3) is 6.06. The molecule has 2 aromatic rings. The molecule has 0 aromatic heterocycles. The molecule has 0 bridgehead atoms. The van der Waals surface area contributed by atoms with Crippen LogP contribution < -0.4 is 5.32 Å². The third-order valence-corrected chi connectivity index (χ3v) is 4.53. The van der Waals surface area contributed by atoms with Crippen molar-refractivity contribution >= 4 is 28.6 Å². The van der Waals surface area contributed by atoms with Crippen LogP contribution in [-0.4, -0.2) is 35.2 Å². The summed E-state index contributed by atoms with van der Waals surface area (Å²) in [6.45, 7) is 5.52. The Morgan fingerprint density at radius 2 is 1.92 bits per heavy atom. The largest absolute Gasteiger partial charge is 0.444 e. The average molecular weight is 347 g/mol. The molecule has 1 atom stereocenters. The van der Waals surface area contributed by atoms with Crippen LogP contribution in [0.15, 0.2) is 47.4 Å².